The topological polar surface area (TPSA) is 35.2 Å². The summed E-state index contributed by atoms with van der Waals surface area (Å²) in [6.07, 6.45) is 4.75. The molecule has 1 fully saturated rings. The van der Waals surface area contributed by atoms with Gasteiger partial charge in [-0.05, 0) is 59.3 Å². The zero-order valence-electron chi connectivity index (χ0n) is 9.66. The Morgan fingerprint density at radius 1 is 1.53 bits per heavy atom. The van der Waals surface area contributed by atoms with Crippen LogP contribution in [0.15, 0.2) is 22.7 Å². The van der Waals surface area contributed by atoms with Crippen LogP contribution in [0.1, 0.15) is 37.3 Å². The molecule has 0 aliphatic carbocycles. The highest BCUT2D eigenvalue weighted by atomic mass is 79.9. The van der Waals surface area contributed by atoms with E-state index in [1.807, 2.05) is 18.2 Å². The molecule has 0 radical (unpaired) electrons. The highest BCUT2D eigenvalue weighted by Gasteiger charge is 2.17. The molecule has 2 rings (SSSR count). The molecule has 1 heterocycles. The lowest BCUT2D eigenvalue weighted by atomic mass is 10.0. The van der Waals surface area contributed by atoms with Gasteiger partial charge >= 0.3 is 0 Å². The molecule has 17 heavy (non-hydrogen) atoms. The summed E-state index contributed by atoms with van der Waals surface area (Å²) in [5, 5.41) is 0.718. The van der Waals surface area contributed by atoms with E-state index in [0.717, 1.165) is 34.5 Å². The fourth-order valence-corrected chi connectivity index (χ4v) is 2.58. The summed E-state index contributed by atoms with van der Waals surface area (Å²) in [6, 6.07) is 5.95. The summed E-state index contributed by atoms with van der Waals surface area (Å²) in [4.78, 5) is 0. The first-order chi connectivity index (χ1) is 8.16. The smallest absolute Gasteiger partial charge is 0.0576 e. The Labute approximate surface area is 116 Å². The van der Waals surface area contributed by atoms with Crippen molar-refractivity contribution >= 4 is 27.5 Å². The van der Waals surface area contributed by atoms with Crippen LogP contribution in [0.4, 0.5) is 0 Å². The van der Waals surface area contributed by atoms with Crippen molar-refractivity contribution in [2.75, 3.05) is 6.61 Å². The van der Waals surface area contributed by atoms with Crippen LogP contribution < -0.4 is 5.73 Å². The minimum atomic E-state index is 0.0461. The molecule has 1 aromatic carbocycles. The van der Waals surface area contributed by atoms with Crippen LogP contribution in [-0.4, -0.2) is 12.7 Å². The third kappa shape index (κ3) is 3.68. The van der Waals surface area contributed by atoms with Gasteiger partial charge < -0.3 is 10.5 Å². The zero-order chi connectivity index (χ0) is 12.3. The number of ether oxygens (including phenoxy) is 1. The second-order valence-electron chi connectivity index (χ2n) is 4.49. The van der Waals surface area contributed by atoms with E-state index in [4.69, 9.17) is 22.1 Å². The molecule has 2 unspecified atom stereocenters. The maximum absolute atomic E-state index is 6.16. The average molecular weight is 319 g/mol. The molecule has 4 heteroatoms. The van der Waals surface area contributed by atoms with Crippen LogP contribution in [0.5, 0.6) is 0 Å². The molecule has 2 N–H and O–H groups in total. The second kappa shape index (κ2) is 6.19. The molecular weight excluding hydrogens is 302 g/mol. The molecule has 0 bridgehead atoms. The maximum Gasteiger partial charge on any atom is 0.0576 e. The molecule has 94 valence electrons. The van der Waals surface area contributed by atoms with Crippen LogP contribution >= 0.6 is 27.5 Å². The van der Waals surface area contributed by atoms with E-state index in [-0.39, 0.29) is 6.04 Å². The molecule has 1 aromatic rings. The number of halogens is 2. The molecule has 0 saturated carbocycles. The predicted molar refractivity (Wildman–Crippen MR) is 74.3 cm³/mol. The summed E-state index contributed by atoms with van der Waals surface area (Å²) >= 11 is 9.44. The summed E-state index contributed by atoms with van der Waals surface area (Å²) in [5.74, 6) is 0. The zero-order valence-corrected chi connectivity index (χ0v) is 12.0. The molecule has 2 nitrogen and oxygen atoms in total. The van der Waals surface area contributed by atoms with Crippen LogP contribution in [-0.2, 0) is 4.74 Å². The van der Waals surface area contributed by atoms with E-state index in [9.17, 15) is 0 Å². The first kappa shape index (κ1) is 13.3. The number of nitrogens with two attached hydrogens (primary N) is 1. The summed E-state index contributed by atoms with van der Waals surface area (Å²) < 4.78 is 6.50. The Morgan fingerprint density at radius 3 is 3.00 bits per heavy atom. The Balaban J connectivity index is 1.89. The van der Waals surface area contributed by atoms with E-state index >= 15 is 0 Å². The maximum atomic E-state index is 6.16. The molecule has 0 amide bonds. The van der Waals surface area contributed by atoms with Gasteiger partial charge in [-0.1, -0.05) is 17.7 Å². The Kier molecular flexibility index (Phi) is 4.86. The van der Waals surface area contributed by atoms with E-state index in [1.54, 1.807) is 0 Å². The highest BCUT2D eigenvalue weighted by molar-refractivity contribution is 9.10. The average Bonchev–Trinajstić information content (AvgIpc) is 2.82. The van der Waals surface area contributed by atoms with Crippen LogP contribution in [0.3, 0.4) is 0 Å². The number of rotatable bonds is 4. The van der Waals surface area contributed by atoms with Crippen molar-refractivity contribution in [3.05, 3.63) is 33.3 Å². The standard InChI is InChI=1S/C13H17BrClNO/c14-11-5-3-9(8-12(11)15)13(16)6-4-10-2-1-7-17-10/h3,5,8,10,13H,1-2,4,6-7,16H2. The molecule has 0 aromatic heterocycles. The third-order valence-electron chi connectivity index (χ3n) is 3.20. The van der Waals surface area contributed by atoms with Crippen molar-refractivity contribution < 1.29 is 4.74 Å². The second-order valence-corrected chi connectivity index (χ2v) is 5.75. The van der Waals surface area contributed by atoms with Crippen LogP contribution in [0.2, 0.25) is 5.02 Å². The molecule has 1 aliphatic heterocycles. The van der Waals surface area contributed by atoms with Crippen molar-refractivity contribution in [3.63, 3.8) is 0 Å². The minimum absolute atomic E-state index is 0.0461. The first-order valence-corrected chi connectivity index (χ1v) is 7.16. The van der Waals surface area contributed by atoms with Crippen molar-refractivity contribution in [1.29, 1.82) is 0 Å². The largest absolute Gasteiger partial charge is 0.378 e. The van der Waals surface area contributed by atoms with Gasteiger partial charge in [0.25, 0.3) is 0 Å². The molecule has 1 saturated heterocycles. The van der Waals surface area contributed by atoms with E-state index in [1.165, 1.54) is 12.8 Å². The van der Waals surface area contributed by atoms with Crippen molar-refractivity contribution in [1.82, 2.24) is 0 Å². The summed E-state index contributed by atoms with van der Waals surface area (Å²) in [7, 11) is 0. The summed E-state index contributed by atoms with van der Waals surface area (Å²) in [5.41, 5.74) is 7.26. The van der Waals surface area contributed by atoms with E-state index < -0.39 is 0 Å². The van der Waals surface area contributed by atoms with Gasteiger partial charge in [-0.25, -0.2) is 0 Å². The van der Waals surface area contributed by atoms with Gasteiger partial charge in [0.1, 0.15) is 0 Å². The minimum Gasteiger partial charge on any atom is -0.378 e. The molecule has 2 atom stereocenters. The van der Waals surface area contributed by atoms with Gasteiger partial charge in [0, 0.05) is 17.1 Å². The number of hydrogen-bond donors (Lipinski definition) is 1. The van der Waals surface area contributed by atoms with Gasteiger partial charge in [0.15, 0.2) is 0 Å². The molecular formula is C13H17BrClNO. The fourth-order valence-electron chi connectivity index (χ4n) is 2.15. The SMILES string of the molecule is NC(CCC1CCCO1)c1ccc(Br)c(Cl)c1. The van der Waals surface area contributed by atoms with Crippen molar-refractivity contribution in [3.8, 4) is 0 Å². The molecule has 1 aliphatic rings. The highest BCUT2D eigenvalue weighted by Crippen LogP contribution is 2.28. The number of benzene rings is 1. The lowest BCUT2D eigenvalue weighted by molar-refractivity contribution is 0.101. The van der Waals surface area contributed by atoms with E-state index in [2.05, 4.69) is 15.9 Å². The quantitative estimate of drug-likeness (QED) is 0.908. The fraction of sp³-hybridized carbons (Fsp3) is 0.538. The van der Waals surface area contributed by atoms with Crippen molar-refractivity contribution in [2.24, 2.45) is 5.73 Å². The van der Waals surface area contributed by atoms with Gasteiger partial charge in [-0.3, -0.25) is 0 Å². The van der Waals surface area contributed by atoms with Gasteiger partial charge in [-0.15, -0.1) is 0 Å². The van der Waals surface area contributed by atoms with Gasteiger partial charge in [-0.2, -0.15) is 0 Å². The number of hydrogen-bond acceptors (Lipinski definition) is 2. The Bertz CT molecular complexity index is 380. The van der Waals surface area contributed by atoms with E-state index in [0.29, 0.717) is 6.10 Å². The summed E-state index contributed by atoms with van der Waals surface area (Å²) in [6.45, 7) is 0.907. The normalized spacial score (nSPS) is 21.7. The van der Waals surface area contributed by atoms with Crippen LogP contribution in [0, 0.1) is 0 Å². The van der Waals surface area contributed by atoms with Crippen molar-refractivity contribution in [2.45, 2.75) is 37.8 Å². The lowest BCUT2D eigenvalue weighted by Gasteiger charge is -2.15. The Morgan fingerprint density at radius 2 is 2.35 bits per heavy atom. The van der Waals surface area contributed by atoms with Gasteiger partial charge in [0.2, 0.25) is 0 Å². The van der Waals surface area contributed by atoms with Crippen LogP contribution in [0.25, 0.3) is 0 Å². The monoisotopic (exact) mass is 317 g/mol. The molecule has 0 spiro atoms. The predicted octanol–water partition coefficient (Wildman–Crippen LogP) is 4.06. The third-order valence-corrected chi connectivity index (χ3v) is 4.43. The van der Waals surface area contributed by atoms with Gasteiger partial charge in [0.05, 0.1) is 11.1 Å². The first-order valence-electron chi connectivity index (χ1n) is 5.99. The Hall–Kier alpha value is -0.0900. The lowest BCUT2D eigenvalue weighted by Crippen LogP contribution is -2.14.